The van der Waals surface area contributed by atoms with E-state index in [0.717, 1.165) is 57.9 Å². The molecule has 0 saturated carbocycles. The number of nitrogens with one attached hydrogen (secondary N) is 2. The van der Waals surface area contributed by atoms with E-state index in [4.69, 9.17) is 4.99 Å². The number of amides is 1. The van der Waals surface area contributed by atoms with E-state index in [9.17, 15) is 4.79 Å². The lowest BCUT2D eigenvalue weighted by molar-refractivity contribution is -0.127. The molecule has 2 heterocycles. The zero-order chi connectivity index (χ0) is 15.8. The number of carbonyl (C=O) groups excluding carboxylic acids is 1. The van der Waals surface area contributed by atoms with E-state index in [1.165, 1.54) is 18.6 Å². The van der Waals surface area contributed by atoms with E-state index in [1.807, 2.05) is 16.7 Å². The molecule has 0 radical (unpaired) electrons. The molecule has 2 aliphatic heterocycles. The predicted octanol–water partition coefficient (Wildman–Crippen LogP) is 1.84. The van der Waals surface area contributed by atoms with Gasteiger partial charge in [0.05, 0.1) is 6.54 Å². The third-order valence-corrected chi connectivity index (χ3v) is 5.81. The highest BCUT2D eigenvalue weighted by Crippen LogP contribution is 2.37. The summed E-state index contributed by atoms with van der Waals surface area (Å²) in [4.78, 5) is 18.3. The number of hydrogen-bond donors (Lipinski definition) is 2. The molecule has 0 aromatic rings. The monoisotopic (exact) mass is 326 g/mol. The summed E-state index contributed by atoms with van der Waals surface area (Å²) < 4.78 is 0.310. The lowest BCUT2D eigenvalue weighted by atomic mass is 10.1. The second-order valence-corrected chi connectivity index (χ2v) is 8.04. The number of guanidine groups is 1. The molecule has 0 aromatic carbocycles. The fraction of sp³-hybridized carbons (Fsp3) is 0.875. The van der Waals surface area contributed by atoms with Gasteiger partial charge in [-0.05, 0) is 45.3 Å². The molecule has 2 fully saturated rings. The first kappa shape index (κ1) is 17.4. The highest BCUT2D eigenvalue weighted by atomic mass is 32.2. The van der Waals surface area contributed by atoms with Crippen LogP contribution in [0.25, 0.3) is 0 Å². The van der Waals surface area contributed by atoms with Crippen LogP contribution >= 0.6 is 11.8 Å². The minimum Gasteiger partial charge on any atom is -0.357 e. The maximum Gasteiger partial charge on any atom is 0.222 e. The zero-order valence-corrected chi connectivity index (χ0v) is 14.8. The Morgan fingerprint density at radius 2 is 2.27 bits per heavy atom. The minimum atomic E-state index is 0.310. The second-order valence-electron chi connectivity index (χ2n) is 6.36. The molecular formula is C16H30N4OS. The van der Waals surface area contributed by atoms with Gasteiger partial charge in [-0.2, -0.15) is 11.8 Å². The SMILES string of the molecule is CCNC(=NCC1(C)CCCS1)NCCCN1CCCC1=O. The molecule has 0 aliphatic carbocycles. The molecule has 22 heavy (non-hydrogen) atoms. The molecule has 0 aromatic heterocycles. The molecule has 2 N–H and O–H groups in total. The zero-order valence-electron chi connectivity index (χ0n) is 14.0. The lowest BCUT2D eigenvalue weighted by Crippen LogP contribution is -2.40. The standard InChI is InChI=1S/C16H30N4OS/c1-3-17-15(19-13-16(2)8-5-12-22-16)18-9-6-11-20-10-4-7-14(20)21/h3-13H2,1-2H3,(H2,17,18,19). The quantitative estimate of drug-likeness (QED) is 0.426. The second kappa shape index (κ2) is 8.65. The molecule has 2 rings (SSSR count). The van der Waals surface area contributed by atoms with Gasteiger partial charge in [0.1, 0.15) is 0 Å². The summed E-state index contributed by atoms with van der Waals surface area (Å²) in [7, 11) is 0. The summed E-state index contributed by atoms with van der Waals surface area (Å²) in [5.74, 6) is 2.48. The predicted molar refractivity (Wildman–Crippen MR) is 94.5 cm³/mol. The summed E-state index contributed by atoms with van der Waals surface area (Å²) >= 11 is 2.04. The van der Waals surface area contributed by atoms with Gasteiger partial charge in [0.25, 0.3) is 0 Å². The van der Waals surface area contributed by atoms with E-state index in [1.54, 1.807) is 0 Å². The Labute approximate surface area is 138 Å². The molecule has 1 atom stereocenters. The van der Waals surface area contributed by atoms with Crippen molar-refractivity contribution in [1.82, 2.24) is 15.5 Å². The first-order valence-electron chi connectivity index (χ1n) is 8.57. The van der Waals surface area contributed by atoms with Crippen molar-refractivity contribution in [3.05, 3.63) is 0 Å². The molecule has 0 spiro atoms. The van der Waals surface area contributed by atoms with E-state index < -0.39 is 0 Å². The van der Waals surface area contributed by atoms with Crippen molar-refractivity contribution in [3.63, 3.8) is 0 Å². The van der Waals surface area contributed by atoms with Crippen LogP contribution in [0.15, 0.2) is 4.99 Å². The molecule has 6 heteroatoms. The molecule has 1 unspecified atom stereocenters. The molecule has 0 bridgehead atoms. The Bertz CT molecular complexity index is 394. The van der Waals surface area contributed by atoms with Crippen molar-refractivity contribution in [2.75, 3.05) is 38.5 Å². The van der Waals surface area contributed by atoms with Crippen molar-refractivity contribution >= 4 is 23.6 Å². The summed E-state index contributed by atoms with van der Waals surface area (Å²) in [5, 5.41) is 6.70. The number of thioether (sulfide) groups is 1. The molecular weight excluding hydrogens is 296 g/mol. The number of carbonyl (C=O) groups is 1. The van der Waals surface area contributed by atoms with Crippen LogP contribution in [0.3, 0.4) is 0 Å². The fourth-order valence-electron chi connectivity index (χ4n) is 2.97. The topological polar surface area (TPSA) is 56.7 Å². The Hall–Kier alpha value is -0.910. The van der Waals surface area contributed by atoms with Crippen molar-refractivity contribution in [2.45, 2.75) is 50.7 Å². The highest BCUT2D eigenvalue weighted by molar-refractivity contribution is 8.00. The number of aliphatic imine (C=N–C) groups is 1. The molecule has 5 nitrogen and oxygen atoms in total. The molecule has 126 valence electrons. The van der Waals surface area contributed by atoms with E-state index >= 15 is 0 Å². The van der Waals surface area contributed by atoms with Gasteiger partial charge in [-0.25, -0.2) is 0 Å². The maximum absolute atomic E-state index is 11.6. The van der Waals surface area contributed by atoms with E-state index in [-0.39, 0.29) is 0 Å². The first-order chi connectivity index (χ1) is 10.6. The van der Waals surface area contributed by atoms with Crippen LogP contribution in [0.4, 0.5) is 0 Å². The van der Waals surface area contributed by atoms with Crippen LogP contribution in [0.5, 0.6) is 0 Å². The van der Waals surface area contributed by atoms with Crippen LogP contribution in [-0.2, 0) is 4.79 Å². The molecule has 2 saturated heterocycles. The van der Waals surface area contributed by atoms with Gasteiger partial charge in [0, 0.05) is 37.3 Å². The third-order valence-electron chi connectivity index (χ3n) is 4.28. The summed E-state index contributed by atoms with van der Waals surface area (Å²) in [5.41, 5.74) is 0. The smallest absolute Gasteiger partial charge is 0.222 e. The summed E-state index contributed by atoms with van der Waals surface area (Å²) in [6.45, 7) is 8.81. The number of nitrogens with zero attached hydrogens (tertiary/aromatic N) is 2. The molecule has 1 amide bonds. The Balaban J connectivity index is 1.70. The van der Waals surface area contributed by atoms with Crippen molar-refractivity contribution in [1.29, 1.82) is 0 Å². The summed E-state index contributed by atoms with van der Waals surface area (Å²) in [6, 6.07) is 0. The van der Waals surface area contributed by atoms with Crippen LogP contribution < -0.4 is 10.6 Å². The number of rotatable bonds is 7. The van der Waals surface area contributed by atoms with E-state index in [2.05, 4.69) is 24.5 Å². The van der Waals surface area contributed by atoms with Gasteiger partial charge >= 0.3 is 0 Å². The van der Waals surface area contributed by atoms with Crippen LogP contribution in [0.1, 0.15) is 46.0 Å². The van der Waals surface area contributed by atoms with Crippen LogP contribution in [0.2, 0.25) is 0 Å². The first-order valence-corrected chi connectivity index (χ1v) is 9.55. The maximum atomic E-state index is 11.6. The average molecular weight is 327 g/mol. The van der Waals surface area contributed by atoms with Gasteiger partial charge in [0.2, 0.25) is 5.91 Å². The van der Waals surface area contributed by atoms with Crippen molar-refractivity contribution in [3.8, 4) is 0 Å². The van der Waals surface area contributed by atoms with Crippen LogP contribution in [0, 0.1) is 0 Å². The average Bonchev–Trinajstić information content (AvgIpc) is 3.10. The largest absolute Gasteiger partial charge is 0.357 e. The minimum absolute atomic E-state index is 0.310. The lowest BCUT2D eigenvalue weighted by Gasteiger charge is -2.21. The Morgan fingerprint density at radius 1 is 1.41 bits per heavy atom. The van der Waals surface area contributed by atoms with Crippen molar-refractivity contribution < 1.29 is 4.79 Å². The van der Waals surface area contributed by atoms with Crippen LogP contribution in [-0.4, -0.2) is 60.0 Å². The molecule has 2 aliphatic rings. The van der Waals surface area contributed by atoms with Gasteiger partial charge in [-0.15, -0.1) is 0 Å². The Morgan fingerprint density at radius 3 is 2.91 bits per heavy atom. The van der Waals surface area contributed by atoms with Gasteiger partial charge < -0.3 is 15.5 Å². The van der Waals surface area contributed by atoms with Gasteiger partial charge in [0.15, 0.2) is 5.96 Å². The van der Waals surface area contributed by atoms with Gasteiger partial charge in [-0.3, -0.25) is 9.79 Å². The fourth-order valence-corrected chi connectivity index (χ4v) is 4.19. The van der Waals surface area contributed by atoms with Crippen molar-refractivity contribution in [2.24, 2.45) is 4.99 Å². The summed E-state index contributed by atoms with van der Waals surface area (Å²) in [6.07, 6.45) is 5.30. The normalized spacial score (nSPS) is 25.8. The number of likely N-dealkylation sites (tertiary alicyclic amines) is 1. The Kier molecular flexibility index (Phi) is 6.86. The van der Waals surface area contributed by atoms with E-state index in [0.29, 0.717) is 10.7 Å². The highest BCUT2D eigenvalue weighted by Gasteiger charge is 2.29. The number of hydrogen-bond acceptors (Lipinski definition) is 3. The third kappa shape index (κ3) is 5.38. The van der Waals surface area contributed by atoms with Gasteiger partial charge in [-0.1, -0.05) is 0 Å².